The highest BCUT2D eigenvalue weighted by Crippen LogP contribution is 2.45. The highest BCUT2D eigenvalue weighted by atomic mass is 32.3. The number of nitrogens with two attached hydrogens (primary N) is 1. The number of unbranched alkanes of at least 4 members (excludes halogenated alkanes) is 9. The second-order valence-corrected chi connectivity index (χ2v) is 18.0. The molecule has 2 aromatic rings. The number of hydrogen-bond acceptors (Lipinski definition) is 8. The number of nitrogens with zero attached hydrogens (tertiary/aromatic N) is 4. The van der Waals surface area contributed by atoms with Crippen LogP contribution in [0.5, 0.6) is 0 Å². The van der Waals surface area contributed by atoms with E-state index in [1.807, 2.05) is 18.7 Å². The van der Waals surface area contributed by atoms with Crippen LogP contribution in [-0.2, 0) is 20.4 Å². The van der Waals surface area contributed by atoms with E-state index in [4.69, 9.17) is 15.0 Å². The van der Waals surface area contributed by atoms with Gasteiger partial charge < -0.3 is 24.5 Å². The van der Waals surface area contributed by atoms with Crippen molar-refractivity contribution in [1.29, 1.82) is 0 Å². The second-order valence-electron chi connectivity index (χ2n) is 11.0. The minimum atomic E-state index is -3.80. The van der Waals surface area contributed by atoms with Gasteiger partial charge in [-0.3, -0.25) is 4.57 Å². The van der Waals surface area contributed by atoms with Crippen LogP contribution in [0.3, 0.4) is 0 Å². The number of thioether (sulfide) groups is 1. The molecule has 43 heavy (non-hydrogen) atoms. The van der Waals surface area contributed by atoms with Gasteiger partial charge in [0.05, 0.1) is 25.6 Å². The van der Waals surface area contributed by atoms with Crippen LogP contribution in [0, 0.1) is 11.2 Å². The Labute approximate surface area is 266 Å². The van der Waals surface area contributed by atoms with Gasteiger partial charge in [-0.2, -0.15) is 21.8 Å². The van der Waals surface area contributed by atoms with Crippen LogP contribution in [0.4, 0.5) is 5.82 Å². The number of fused-ring (bicyclic) bond motifs is 1. The molecule has 2 atom stereocenters. The summed E-state index contributed by atoms with van der Waals surface area (Å²) >= 11 is 1.89. The van der Waals surface area contributed by atoms with E-state index in [1.54, 1.807) is 10.9 Å². The smallest absolute Gasteiger partial charge is 0.353 e. The maximum atomic E-state index is 12.3. The van der Waals surface area contributed by atoms with Crippen molar-refractivity contribution in [3.8, 4) is 11.2 Å². The van der Waals surface area contributed by atoms with Crippen LogP contribution in [0.2, 0.25) is 0 Å². The van der Waals surface area contributed by atoms with Gasteiger partial charge in [0.15, 0.2) is 11.5 Å². The first-order valence-corrected chi connectivity index (χ1v) is 21.1. The van der Waals surface area contributed by atoms with E-state index < -0.39 is 17.6 Å². The molecule has 2 rings (SSSR count). The number of hydrogen-bond donors (Lipinski definition) is 2. The van der Waals surface area contributed by atoms with Crippen molar-refractivity contribution in [2.45, 2.75) is 111 Å². The molecule has 0 aromatic carbocycles. The normalized spacial score (nSPS) is 14.3. The minimum Gasteiger partial charge on any atom is -0.382 e. The summed E-state index contributed by atoms with van der Waals surface area (Å²) in [6.45, 7) is 9.39. The van der Waals surface area contributed by atoms with E-state index in [0.717, 1.165) is 24.3 Å². The van der Waals surface area contributed by atoms with Gasteiger partial charge in [-0.1, -0.05) is 76.9 Å². The lowest BCUT2D eigenvalue weighted by Crippen LogP contribution is -2.17. The number of aromatic nitrogens is 4. The van der Waals surface area contributed by atoms with E-state index in [1.165, 1.54) is 81.4 Å². The van der Waals surface area contributed by atoms with Crippen LogP contribution in [0.25, 0.3) is 11.2 Å². The molecule has 12 heteroatoms. The minimum absolute atomic E-state index is 0.255. The number of nitrogen functional groups attached to an aromatic ring is 1. The molecule has 1 unspecified atom stereocenters. The third-order valence-corrected chi connectivity index (χ3v) is 13.8. The van der Waals surface area contributed by atoms with Gasteiger partial charge in [0.1, 0.15) is 18.2 Å². The first-order valence-electron chi connectivity index (χ1n) is 16.1. The van der Waals surface area contributed by atoms with Gasteiger partial charge in [0.25, 0.3) is 0 Å². The topological polar surface area (TPSA) is 125 Å². The van der Waals surface area contributed by atoms with Gasteiger partial charge in [0, 0.05) is 6.42 Å². The Morgan fingerprint density at radius 1 is 0.977 bits per heavy atom. The Morgan fingerprint density at radius 3 is 2.28 bits per heavy atom. The molecular formula is C31H56N5O4PS2. The molecule has 0 saturated carbocycles. The predicted molar refractivity (Wildman–Crippen MR) is 186 cm³/mol. The van der Waals surface area contributed by atoms with E-state index in [-0.39, 0.29) is 19.1 Å². The molecule has 0 aliphatic heterocycles. The third-order valence-electron chi connectivity index (χ3n) is 7.67. The standard InChI is InChI=1S/C31H56N5O4PS2/c1-5-43(6-2,7-3)23-18-16-14-12-10-8-9-11-13-15-17-21-42-22-19-20-40-41(37,38)27-39-28(4)24-36-26-35-29-30(32)33-25-34-31(29)36/h25-26,28H,5-17,19-22,24,27H2,1-4H3,(H,37,38)(H2,32,33,34)/t28-/m1/s1. The molecule has 3 N–H and O–H groups in total. The lowest BCUT2D eigenvalue weighted by Gasteiger charge is -2.30. The number of imidazole rings is 1. The highest BCUT2D eigenvalue weighted by Gasteiger charge is 2.21. The van der Waals surface area contributed by atoms with Crippen molar-refractivity contribution in [2.24, 2.45) is 0 Å². The Balaban J connectivity index is 1.39. The molecule has 0 amide bonds. The fraction of sp³-hybridized carbons (Fsp3) is 0.774. The van der Waals surface area contributed by atoms with Crippen molar-refractivity contribution >= 4 is 46.4 Å². The van der Waals surface area contributed by atoms with Gasteiger partial charge in [-0.15, -0.1) is 0 Å². The SMILES string of the molecule is CCS(C#CCCCCCCCCCCCSCCCOP(=O)(O)CO[C@H](C)Cn1cnc2c(N)ncnc21)(CC)CC. The van der Waals surface area contributed by atoms with Gasteiger partial charge >= 0.3 is 7.60 Å². The molecular weight excluding hydrogens is 601 g/mol. The molecule has 0 bridgehead atoms. The fourth-order valence-electron chi connectivity index (χ4n) is 4.78. The van der Waals surface area contributed by atoms with Crippen LogP contribution < -0.4 is 5.73 Å². The highest BCUT2D eigenvalue weighted by molar-refractivity contribution is 8.37. The summed E-state index contributed by atoms with van der Waals surface area (Å²) in [7, 11) is -4.45. The van der Waals surface area contributed by atoms with Crippen molar-refractivity contribution < 1.29 is 18.7 Å². The first-order chi connectivity index (χ1) is 20.8. The first kappa shape index (κ1) is 37.9. The summed E-state index contributed by atoms with van der Waals surface area (Å²) in [5.41, 5.74) is 6.95. The zero-order valence-electron chi connectivity index (χ0n) is 27.0. The van der Waals surface area contributed by atoms with Crippen molar-refractivity contribution in [1.82, 2.24) is 19.5 Å². The number of ether oxygens (including phenoxy) is 1. The summed E-state index contributed by atoms with van der Waals surface area (Å²) in [4.78, 5) is 22.5. The molecule has 246 valence electrons. The van der Waals surface area contributed by atoms with E-state index in [2.05, 4.69) is 46.9 Å². The van der Waals surface area contributed by atoms with Crippen LogP contribution in [0.1, 0.15) is 98.3 Å². The summed E-state index contributed by atoms with van der Waals surface area (Å²) in [6.07, 6.45) is 15.9. The summed E-state index contributed by atoms with van der Waals surface area (Å²) in [5, 5.41) is 3.65. The predicted octanol–water partition coefficient (Wildman–Crippen LogP) is 7.82. The van der Waals surface area contributed by atoms with Gasteiger partial charge in [0.2, 0.25) is 0 Å². The van der Waals surface area contributed by atoms with E-state index in [0.29, 0.717) is 23.5 Å². The van der Waals surface area contributed by atoms with Crippen LogP contribution in [-0.4, -0.2) is 72.2 Å². The largest absolute Gasteiger partial charge is 0.382 e. The third kappa shape index (κ3) is 15.0. The zero-order valence-corrected chi connectivity index (χ0v) is 29.5. The quantitative estimate of drug-likeness (QED) is 0.0660. The summed E-state index contributed by atoms with van der Waals surface area (Å²) < 4.78 is 25.0. The molecule has 0 aliphatic rings. The molecule has 0 radical (unpaired) electrons. The lowest BCUT2D eigenvalue weighted by molar-refractivity contribution is 0.0718. The molecule has 9 nitrogen and oxygen atoms in total. The molecule has 2 aromatic heterocycles. The molecule has 0 fully saturated rings. The van der Waals surface area contributed by atoms with Crippen LogP contribution >= 0.6 is 29.4 Å². The Morgan fingerprint density at radius 2 is 1.60 bits per heavy atom. The second kappa shape index (κ2) is 21.5. The Kier molecular flexibility index (Phi) is 18.9. The van der Waals surface area contributed by atoms with Crippen molar-refractivity contribution in [3.05, 3.63) is 12.7 Å². The maximum absolute atomic E-state index is 12.3. The van der Waals surface area contributed by atoms with Crippen molar-refractivity contribution in [2.75, 3.05) is 47.5 Å². The maximum Gasteiger partial charge on any atom is 0.353 e. The summed E-state index contributed by atoms with van der Waals surface area (Å²) in [5.74, 6) is 9.60. The Bertz CT molecular complexity index is 1140. The molecule has 0 saturated heterocycles. The number of rotatable bonds is 24. The molecule has 0 aliphatic carbocycles. The van der Waals surface area contributed by atoms with Gasteiger partial charge in [-0.05, 0) is 55.0 Å². The van der Waals surface area contributed by atoms with Gasteiger partial charge in [-0.25, -0.2) is 15.0 Å². The zero-order chi connectivity index (χ0) is 31.4. The fourth-order valence-corrected chi connectivity index (χ4v) is 8.71. The average molecular weight is 658 g/mol. The Hall–Kier alpha value is -1.28. The average Bonchev–Trinajstić information content (AvgIpc) is 3.41. The lowest BCUT2D eigenvalue weighted by atomic mass is 10.1. The molecule has 0 spiro atoms. The van der Waals surface area contributed by atoms with Crippen LogP contribution in [0.15, 0.2) is 12.7 Å². The monoisotopic (exact) mass is 657 g/mol. The van der Waals surface area contributed by atoms with E-state index in [9.17, 15) is 9.46 Å². The molecule has 2 heterocycles. The number of anilines is 1. The van der Waals surface area contributed by atoms with Crippen molar-refractivity contribution in [3.63, 3.8) is 0 Å². The van der Waals surface area contributed by atoms with E-state index >= 15 is 0 Å². The summed E-state index contributed by atoms with van der Waals surface area (Å²) in [6, 6.07) is 0.